The molecule has 1 aromatic carbocycles. The first-order valence-electron chi connectivity index (χ1n) is 8.45. The van der Waals surface area contributed by atoms with Gasteiger partial charge in [-0.15, -0.1) is 0 Å². The van der Waals surface area contributed by atoms with Crippen LogP contribution in [0.3, 0.4) is 0 Å². The summed E-state index contributed by atoms with van der Waals surface area (Å²) in [4.78, 5) is 16.1. The number of nitriles is 1. The number of hydrogen-bond donors (Lipinski definition) is 2. The van der Waals surface area contributed by atoms with Crippen LogP contribution in [0.1, 0.15) is 42.2 Å². The van der Waals surface area contributed by atoms with Gasteiger partial charge in [0, 0.05) is 11.9 Å². The maximum absolute atomic E-state index is 12.2. The molecule has 1 aromatic heterocycles. The lowest BCUT2D eigenvalue weighted by Gasteiger charge is -2.12. The van der Waals surface area contributed by atoms with Crippen LogP contribution >= 0.6 is 23.8 Å². The molecule has 1 heterocycles. The number of unbranched alkanes of at least 4 members (excludes halogenated alkanes) is 2. The fourth-order valence-electron chi connectivity index (χ4n) is 2.24. The summed E-state index contributed by atoms with van der Waals surface area (Å²) in [6, 6.07) is 10.1. The summed E-state index contributed by atoms with van der Waals surface area (Å²) < 4.78 is 5.65. The molecule has 140 valence electrons. The van der Waals surface area contributed by atoms with E-state index in [1.807, 2.05) is 6.07 Å². The number of anilines is 1. The molecule has 0 aliphatic heterocycles. The number of carbonyl (C=O) groups is 1. The fourth-order valence-corrected chi connectivity index (χ4v) is 2.69. The molecule has 0 saturated carbocycles. The number of halogens is 1. The molecule has 0 aliphatic rings. The molecule has 0 fully saturated rings. The smallest absolute Gasteiger partial charge is 0.260 e. The summed E-state index contributed by atoms with van der Waals surface area (Å²) in [7, 11) is 0. The zero-order valence-electron chi connectivity index (χ0n) is 14.8. The summed E-state index contributed by atoms with van der Waals surface area (Å²) in [5.41, 5.74) is 0.793. The van der Waals surface area contributed by atoms with Crippen molar-refractivity contribution in [3.05, 3.63) is 52.8 Å². The van der Waals surface area contributed by atoms with Crippen molar-refractivity contribution in [1.82, 2.24) is 10.3 Å². The number of thiocarbonyl (C=S) groups is 1. The van der Waals surface area contributed by atoms with Crippen LogP contribution in [-0.2, 0) is 0 Å². The number of nitrogens with one attached hydrogen (secondary N) is 2. The number of ether oxygens (including phenoxy) is 1. The minimum atomic E-state index is -0.515. The van der Waals surface area contributed by atoms with Crippen molar-refractivity contribution in [2.75, 3.05) is 11.9 Å². The van der Waals surface area contributed by atoms with Crippen LogP contribution in [0.15, 0.2) is 36.5 Å². The minimum Gasteiger partial charge on any atom is -0.492 e. The first kappa shape index (κ1) is 20.6. The van der Waals surface area contributed by atoms with Crippen LogP contribution < -0.4 is 15.4 Å². The summed E-state index contributed by atoms with van der Waals surface area (Å²) in [6.07, 6.45) is 4.65. The third-order valence-corrected chi connectivity index (χ3v) is 4.08. The molecule has 0 radical (unpaired) electrons. The van der Waals surface area contributed by atoms with Crippen molar-refractivity contribution < 1.29 is 9.53 Å². The largest absolute Gasteiger partial charge is 0.492 e. The van der Waals surface area contributed by atoms with E-state index in [-0.39, 0.29) is 16.4 Å². The van der Waals surface area contributed by atoms with Crippen LogP contribution in [-0.4, -0.2) is 22.6 Å². The van der Waals surface area contributed by atoms with Crippen molar-refractivity contribution in [2.45, 2.75) is 26.2 Å². The molecule has 27 heavy (non-hydrogen) atoms. The minimum absolute atomic E-state index is 0.0328. The zero-order valence-corrected chi connectivity index (χ0v) is 16.4. The monoisotopic (exact) mass is 402 g/mol. The van der Waals surface area contributed by atoms with E-state index >= 15 is 0 Å². The molecular formula is C19H19ClN4O2S. The topological polar surface area (TPSA) is 87.0 Å². The van der Waals surface area contributed by atoms with Gasteiger partial charge in [-0.2, -0.15) is 5.26 Å². The Labute approximate surface area is 168 Å². The van der Waals surface area contributed by atoms with Gasteiger partial charge in [-0.3, -0.25) is 10.1 Å². The molecular weight excluding hydrogens is 384 g/mol. The van der Waals surface area contributed by atoms with Gasteiger partial charge in [-0.25, -0.2) is 4.98 Å². The van der Waals surface area contributed by atoms with Gasteiger partial charge < -0.3 is 10.1 Å². The van der Waals surface area contributed by atoms with Crippen molar-refractivity contribution in [3.63, 3.8) is 0 Å². The molecule has 0 saturated heterocycles. The summed E-state index contributed by atoms with van der Waals surface area (Å²) in [5, 5.41) is 14.9. The Hall–Kier alpha value is -2.69. The van der Waals surface area contributed by atoms with Crippen molar-refractivity contribution in [1.29, 1.82) is 5.26 Å². The average Bonchev–Trinajstić information content (AvgIpc) is 2.66. The Kier molecular flexibility index (Phi) is 7.99. The summed E-state index contributed by atoms with van der Waals surface area (Å²) in [5.74, 6) is 0.0846. The number of carbonyl (C=O) groups excluding carboxylic acids is 1. The highest BCUT2D eigenvalue weighted by Crippen LogP contribution is 2.28. The average molecular weight is 403 g/mol. The molecule has 0 spiro atoms. The number of benzene rings is 1. The van der Waals surface area contributed by atoms with Gasteiger partial charge >= 0.3 is 0 Å². The van der Waals surface area contributed by atoms with Gasteiger partial charge in [0.1, 0.15) is 11.8 Å². The highest BCUT2D eigenvalue weighted by Gasteiger charge is 2.13. The predicted molar refractivity (Wildman–Crippen MR) is 109 cm³/mol. The zero-order chi connectivity index (χ0) is 19.6. The number of amides is 1. The standard InChI is InChI=1S/C19H19ClN4O2S/c1-2-3-4-10-26-17-8-7-13(11-15(17)20)23-19(27)24-18(25)14-6-5-9-22-16(14)12-21/h5-9,11H,2-4,10H2,1H3,(H2,23,24,25,27). The Morgan fingerprint density at radius 2 is 2.19 bits per heavy atom. The number of nitrogens with zero attached hydrogens (tertiary/aromatic N) is 2. The van der Waals surface area contributed by atoms with E-state index in [1.165, 1.54) is 12.3 Å². The second kappa shape index (κ2) is 10.5. The molecule has 2 N–H and O–H groups in total. The number of hydrogen-bond acceptors (Lipinski definition) is 5. The molecule has 8 heteroatoms. The number of rotatable bonds is 7. The van der Waals surface area contributed by atoms with E-state index in [0.717, 1.165) is 19.3 Å². The molecule has 6 nitrogen and oxygen atoms in total. The van der Waals surface area contributed by atoms with E-state index in [2.05, 4.69) is 22.5 Å². The maximum Gasteiger partial charge on any atom is 0.260 e. The van der Waals surface area contributed by atoms with Crippen LogP contribution in [0.4, 0.5) is 5.69 Å². The highest BCUT2D eigenvalue weighted by molar-refractivity contribution is 7.80. The number of aromatic nitrogens is 1. The van der Waals surface area contributed by atoms with E-state index in [0.29, 0.717) is 23.1 Å². The summed E-state index contributed by atoms with van der Waals surface area (Å²) in [6.45, 7) is 2.74. The second-order valence-electron chi connectivity index (χ2n) is 5.62. The predicted octanol–water partition coefficient (Wildman–Crippen LogP) is 4.30. The van der Waals surface area contributed by atoms with Gasteiger partial charge in [0.15, 0.2) is 10.8 Å². The first-order valence-corrected chi connectivity index (χ1v) is 9.23. The fraction of sp³-hybridized carbons (Fsp3) is 0.263. The van der Waals surface area contributed by atoms with Gasteiger partial charge in [0.25, 0.3) is 5.91 Å². The Balaban J connectivity index is 1.94. The second-order valence-corrected chi connectivity index (χ2v) is 6.44. The highest BCUT2D eigenvalue weighted by atomic mass is 35.5. The third kappa shape index (κ3) is 6.20. The van der Waals surface area contributed by atoms with Crippen molar-refractivity contribution in [3.8, 4) is 11.8 Å². The van der Waals surface area contributed by atoms with Crippen LogP contribution in [0.5, 0.6) is 5.75 Å². The SMILES string of the molecule is CCCCCOc1ccc(NC(=S)NC(=O)c2cccnc2C#N)cc1Cl. The first-order chi connectivity index (χ1) is 13.0. The van der Waals surface area contributed by atoms with E-state index in [1.54, 1.807) is 24.3 Å². The van der Waals surface area contributed by atoms with Gasteiger partial charge in [-0.1, -0.05) is 31.4 Å². The lowest BCUT2D eigenvalue weighted by Crippen LogP contribution is -2.34. The molecule has 1 amide bonds. The Bertz CT molecular complexity index is 867. The Morgan fingerprint density at radius 3 is 2.89 bits per heavy atom. The normalized spacial score (nSPS) is 9.96. The van der Waals surface area contributed by atoms with Crippen LogP contribution in [0.2, 0.25) is 5.02 Å². The maximum atomic E-state index is 12.2. The van der Waals surface area contributed by atoms with Crippen molar-refractivity contribution >= 4 is 40.5 Å². The van der Waals surface area contributed by atoms with Crippen molar-refractivity contribution in [2.24, 2.45) is 0 Å². The lowest BCUT2D eigenvalue weighted by atomic mass is 10.2. The summed E-state index contributed by atoms with van der Waals surface area (Å²) >= 11 is 11.4. The van der Waals surface area contributed by atoms with E-state index in [4.69, 9.17) is 33.8 Å². The third-order valence-electron chi connectivity index (χ3n) is 3.58. The van der Waals surface area contributed by atoms with E-state index in [9.17, 15) is 4.79 Å². The Morgan fingerprint density at radius 1 is 1.37 bits per heavy atom. The number of pyridine rings is 1. The molecule has 0 bridgehead atoms. The van der Waals surface area contributed by atoms with Gasteiger partial charge in [-0.05, 0) is 49.0 Å². The molecule has 0 atom stereocenters. The molecule has 0 unspecified atom stereocenters. The molecule has 2 rings (SSSR count). The van der Waals surface area contributed by atoms with Crippen LogP contribution in [0, 0.1) is 11.3 Å². The van der Waals surface area contributed by atoms with Gasteiger partial charge in [0.05, 0.1) is 17.2 Å². The van der Waals surface area contributed by atoms with E-state index < -0.39 is 5.91 Å². The molecule has 0 aliphatic carbocycles. The lowest BCUT2D eigenvalue weighted by molar-refractivity contribution is 0.0977. The van der Waals surface area contributed by atoms with Crippen LogP contribution in [0.25, 0.3) is 0 Å². The quantitative estimate of drug-likeness (QED) is 0.530. The molecule has 2 aromatic rings. The van der Waals surface area contributed by atoms with Gasteiger partial charge in [0.2, 0.25) is 0 Å².